The molecule has 1 aromatic carbocycles. The molecule has 2 unspecified atom stereocenters. The van der Waals surface area contributed by atoms with Crippen LogP contribution in [0.1, 0.15) is 44.4 Å². The summed E-state index contributed by atoms with van der Waals surface area (Å²) in [6.07, 6.45) is 1.20. The molecular weight excluding hydrogens is 251 g/mol. The Balaban J connectivity index is 2.04. The molecule has 112 valence electrons. The van der Waals surface area contributed by atoms with Crippen molar-refractivity contribution in [1.82, 2.24) is 10.2 Å². The van der Waals surface area contributed by atoms with Gasteiger partial charge in [-0.3, -0.25) is 4.90 Å². The first kappa shape index (κ1) is 15.5. The summed E-state index contributed by atoms with van der Waals surface area (Å²) < 4.78 is 13.7. The van der Waals surface area contributed by atoms with Gasteiger partial charge in [-0.25, -0.2) is 4.39 Å². The zero-order chi connectivity index (χ0) is 14.7. The van der Waals surface area contributed by atoms with Crippen LogP contribution in [0.2, 0.25) is 0 Å². The highest BCUT2D eigenvalue weighted by atomic mass is 19.1. The van der Waals surface area contributed by atoms with Crippen molar-refractivity contribution in [2.24, 2.45) is 5.92 Å². The van der Waals surface area contributed by atoms with Gasteiger partial charge in [-0.1, -0.05) is 26.0 Å². The van der Waals surface area contributed by atoms with Crippen LogP contribution in [-0.2, 0) is 0 Å². The number of nitrogens with one attached hydrogen (secondary N) is 1. The Labute approximate surface area is 122 Å². The minimum absolute atomic E-state index is 0.0942. The summed E-state index contributed by atoms with van der Waals surface area (Å²) >= 11 is 0. The number of hydrogen-bond donors (Lipinski definition) is 1. The molecule has 0 aliphatic carbocycles. The minimum atomic E-state index is -0.0942. The van der Waals surface area contributed by atoms with Gasteiger partial charge in [0.1, 0.15) is 5.82 Å². The van der Waals surface area contributed by atoms with Gasteiger partial charge >= 0.3 is 0 Å². The molecule has 1 heterocycles. The summed E-state index contributed by atoms with van der Waals surface area (Å²) in [6, 6.07) is 6.47. The Morgan fingerprint density at radius 1 is 1.35 bits per heavy atom. The lowest BCUT2D eigenvalue weighted by atomic mass is 9.99. The van der Waals surface area contributed by atoms with Gasteiger partial charge in [-0.15, -0.1) is 0 Å². The molecule has 0 bridgehead atoms. The van der Waals surface area contributed by atoms with Crippen LogP contribution in [0.3, 0.4) is 0 Å². The molecule has 2 nitrogen and oxygen atoms in total. The highest BCUT2D eigenvalue weighted by molar-refractivity contribution is 5.25. The monoisotopic (exact) mass is 278 g/mol. The largest absolute Gasteiger partial charge is 0.311 e. The van der Waals surface area contributed by atoms with E-state index in [0.717, 1.165) is 30.8 Å². The molecule has 0 radical (unpaired) electrons. The van der Waals surface area contributed by atoms with Gasteiger partial charge in [-0.05, 0) is 43.4 Å². The molecule has 1 N–H and O–H groups in total. The van der Waals surface area contributed by atoms with Gasteiger partial charge in [0, 0.05) is 31.7 Å². The fraction of sp³-hybridized carbons (Fsp3) is 0.647. The molecule has 1 aliphatic heterocycles. The fourth-order valence-electron chi connectivity index (χ4n) is 3.01. The van der Waals surface area contributed by atoms with E-state index in [-0.39, 0.29) is 11.9 Å². The second kappa shape index (κ2) is 6.68. The van der Waals surface area contributed by atoms with Crippen molar-refractivity contribution in [3.63, 3.8) is 0 Å². The quantitative estimate of drug-likeness (QED) is 0.906. The molecule has 0 aromatic heterocycles. The van der Waals surface area contributed by atoms with Gasteiger partial charge in [0.2, 0.25) is 0 Å². The molecule has 3 heteroatoms. The molecule has 1 fully saturated rings. The molecule has 0 spiro atoms. The lowest BCUT2D eigenvalue weighted by Crippen LogP contribution is -2.51. The number of aryl methyl sites for hydroxylation is 1. The van der Waals surface area contributed by atoms with E-state index in [2.05, 4.69) is 37.1 Å². The zero-order valence-corrected chi connectivity index (χ0v) is 13.1. The van der Waals surface area contributed by atoms with Crippen molar-refractivity contribution >= 4 is 0 Å². The van der Waals surface area contributed by atoms with E-state index >= 15 is 0 Å². The van der Waals surface area contributed by atoms with Crippen molar-refractivity contribution in [3.05, 3.63) is 35.1 Å². The van der Waals surface area contributed by atoms with Crippen LogP contribution in [0.15, 0.2) is 18.2 Å². The van der Waals surface area contributed by atoms with Gasteiger partial charge < -0.3 is 5.32 Å². The maximum absolute atomic E-state index is 13.7. The predicted octanol–water partition coefficient (Wildman–Crippen LogP) is 3.52. The van der Waals surface area contributed by atoms with Crippen molar-refractivity contribution in [2.75, 3.05) is 19.6 Å². The van der Waals surface area contributed by atoms with Gasteiger partial charge in [0.25, 0.3) is 0 Å². The predicted molar refractivity (Wildman–Crippen MR) is 82.4 cm³/mol. The molecule has 2 rings (SSSR count). The van der Waals surface area contributed by atoms with Gasteiger partial charge in [-0.2, -0.15) is 0 Å². The van der Waals surface area contributed by atoms with Crippen LogP contribution in [0.5, 0.6) is 0 Å². The number of halogens is 1. The summed E-state index contributed by atoms with van der Waals surface area (Å²) in [5.74, 6) is 0.614. The van der Waals surface area contributed by atoms with Gasteiger partial charge in [0.05, 0.1) is 0 Å². The van der Waals surface area contributed by atoms with Crippen LogP contribution in [0, 0.1) is 18.7 Å². The number of hydrogen-bond acceptors (Lipinski definition) is 2. The topological polar surface area (TPSA) is 15.3 Å². The molecule has 0 saturated carbocycles. The third-order valence-corrected chi connectivity index (χ3v) is 4.27. The molecular formula is C17H27FN2. The third-order valence-electron chi connectivity index (χ3n) is 4.27. The normalized spacial score (nSPS) is 22.2. The second-order valence-electron chi connectivity index (χ2n) is 6.46. The highest BCUT2D eigenvalue weighted by Crippen LogP contribution is 2.24. The SMILES string of the molecule is Cc1ccc(C(C)N2CCNC(CC(C)C)C2)cc1F. The van der Waals surface area contributed by atoms with E-state index in [1.165, 1.54) is 6.42 Å². The smallest absolute Gasteiger partial charge is 0.126 e. The first-order valence-corrected chi connectivity index (χ1v) is 7.71. The number of benzene rings is 1. The Morgan fingerprint density at radius 3 is 2.75 bits per heavy atom. The van der Waals surface area contributed by atoms with Crippen molar-refractivity contribution in [3.8, 4) is 0 Å². The summed E-state index contributed by atoms with van der Waals surface area (Å²) in [5.41, 5.74) is 1.80. The molecule has 1 aromatic rings. The van der Waals surface area contributed by atoms with E-state index < -0.39 is 0 Å². The first-order valence-electron chi connectivity index (χ1n) is 7.71. The fourth-order valence-corrected chi connectivity index (χ4v) is 3.01. The van der Waals surface area contributed by atoms with Crippen molar-refractivity contribution in [1.29, 1.82) is 0 Å². The van der Waals surface area contributed by atoms with Crippen LogP contribution >= 0.6 is 0 Å². The molecule has 20 heavy (non-hydrogen) atoms. The van der Waals surface area contributed by atoms with Crippen molar-refractivity contribution < 1.29 is 4.39 Å². The van der Waals surface area contributed by atoms with Crippen LogP contribution in [0.4, 0.5) is 4.39 Å². The lowest BCUT2D eigenvalue weighted by molar-refractivity contribution is 0.143. The zero-order valence-electron chi connectivity index (χ0n) is 13.1. The Hall–Kier alpha value is -0.930. The Kier molecular flexibility index (Phi) is 5.17. The summed E-state index contributed by atoms with van der Waals surface area (Å²) in [4.78, 5) is 2.47. The van der Waals surface area contributed by atoms with Gasteiger partial charge in [0.15, 0.2) is 0 Å². The Morgan fingerprint density at radius 2 is 2.10 bits per heavy atom. The molecule has 0 amide bonds. The van der Waals surface area contributed by atoms with E-state index in [1.807, 2.05) is 13.0 Å². The Bertz CT molecular complexity index is 445. The van der Waals surface area contributed by atoms with Crippen LogP contribution in [-0.4, -0.2) is 30.6 Å². The van der Waals surface area contributed by atoms with E-state index in [9.17, 15) is 4.39 Å². The highest BCUT2D eigenvalue weighted by Gasteiger charge is 2.24. The average molecular weight is 278 g/mol. The summed E-state index contributed by atoms with van der Waals surface area (Å²) in [6.45, 7) is 11.6. The van der Waals surface area contributed by atoms with Crippen LogP contribution in [0.25, 0.3) is 0 Å². The van der Waals surface area contributed by atoms with Crippen LogP contribution < -0.4 is 5.32 Å². The van der Waals surface area contributed by atoms with E-state index in [4.69, 9.17) is 0 Å². The number of nitrogens with zero attached hydrogens (tertiary/aromatic N) is 1. The summed E-state index contributed by atoms with van der Waals surface area (Å²) in [5, 5.41) is 3.59. The minimum Gasteiger partial charge on any atom is -0.311 e. The molecule has 1 saturated heterocycles. The maximum Gasteiger partial charge on any atom is 0.126 e. The molecule has 2 atom stereocenters. The lowest BCUT2D eigenvalue weighted by Gasteiger charge is -2.38. The third kappa shape index (κ3) is 3.80. The second-order valence-corrected chi connectivity index (χ2v) is 6.46. The van der Waals surface area contributed by atoms with E-state index in [0.29, 0.717) is 12.0 Å². The first-order chi connectivity index (χ1) is 9.47. The maximum atomic E-state index is 13.7. The standard InChI is InChI=1S/C17H27FN2/c1-12(2)9-16-11-20(8-7-19-16)14(4)15-6-5-13(3)17(18)10-15/h5-6,10,12,14,16,19H,7-9,11H2,1-4H3. The molecule has 1 aliphatic rings. The number of rotatable bonds is 4. The van der Waals surface area contributed by atoms with E-state index in [1.54, 1.807) is 6.07 Å². The average Bonchev–Trinajstić information content (AvgIpc) is 2.40. The summed E-state index contributed by atoms with van der Waals surface area (Å²) in [7, 11) is 0. The number of piperazine rings is 1. The van der Waals surface area contributed by atoms with Crippen molar-refractivity contribution in [2.45, 2.75) is 46.2 Å².